The van der Waals surface area contributed by atoms with Crippen molar-refractivity contribution in [3.63, 3.8) is 0 Å². The fourth-order valence-electron chi connectivity index (χ4n) is 3.45. The van der Waals surface area contributed by atoms with E-state index in [0.717, 1.165) is 12.8 Å². The van der Waals surface area contributed by atoms with Crippen LogP contribution in [-0.2, 0) is 4.74 Å². The van der Waals surface area contributed by atoms with Crippen molar-refractivity contribution in [2.24, 2.45) is 0 Å². The van der Waals surface area contributed by atoms with Gasteiger partial charge >= 0.3 is 184 Å². The van der Waals surface area contributed by atoms with Crippen LogP contribution >= 0.6 is 0 Å². The first-order valence-corrected chi connectivity index (χ1v) is 11.8. The first-order chi connectivity index (χ1) is 15.0. The Kier molecular flexibility index (Phi) is 6.30. The molecule has 0 unspecified atom stereocenters. The zero-order chi connectivity index (χ0) is 21.8. The second-order valence-electron chi connectivity index (χ2n) is 7.10. The minimum atomic E-state index is -0.644. The zero-order valence-corrected chi connectivity index (χ0v) is 18.3. The normalized spacial score (nSPS) is 17.9. The first kappa shape index (κ1) is 21.0. The van der Waals surface area contributed by atoms with Crippen LogP contribution < -0.4 is 11.2 Å². The Morgan fingerprint density at radius 3 is 2.23 bits per heavy atom. The van der Waals surface area contributed by atoms with Crippen molar-refractivity contribution in [3.8, 4) is 0 Å². The standard InChI is InChI=1S/C23H20N2O5Se/c26-19-13-14-24(23(29)25(19)21(27)16-7-3-1-4-8-16)20-12-11-18(31-20)15-30-22(28)17-9-5-2-6-10-17/h1-10,13-14,18,20H,11-12,15H2/t18-,20-/m1/s1. The predicted octanol–water partition coefficient (Wildman–Crippen LogP) is 2.34. The predicted molar refractivity (Wildman–Crippen MR) is 116 cm³/mol. The van der Waals surface area contributed by atoms with Crippen molar-refractivity contribution >= 4 is 26.8 Å². The molecule has 7 nitrogen and oxygen atoms in total. The summed E-state index contributed by atoms with van der Waals surface area (Å²) in [5.41, 5.74) is -0.488. The third-order valence-electron chi connectivity index (χ3n) is 5.04. The molecule has 3 aromatic rings. The average molecular weight is 483 g/mol. The number of hydrogen-bond donors (Lipinski definition) is 0. The van der Waals surface area contributed by atoms with Gasteiger partial charge in [-0.1, -0.05) is 0 Å². The van der Waals surface area contributed by atoms with Gasteiger partial charge in [0.2, 0.25) is 0 Å². The number of hydrogen-bond acceptors (Lipinski definition) is 5. The number of carbonyl (C=O) groups is 2. The Morgan fingerprint density at radius 2 is 1.55 bits per heavy atom. The Bertz CT molecular complexity index is 1200. The van der Waals surface area contributed by atoms with E-state index in [0.29, 0.717) is 16.7 Å². The summed E-state index contributed by atoms with van der Waals surface area (Å²) in [4.78, 5) is 50.2. The quantitative estimate of drug-likeness (QED) is 0.411. The van der Waals surface area contributed by atoms with Crippen molar-refractivity contribution in [1.82, 2.24) is 9.13 Å². The molecule has 0 saturated carbocycles. The molecule has 0 spiro atoms. The van der Waals surface area contributed by atoms with Gasteiger partial charge in [-0.05, 0) is 0 Å². The van der Waals surface area contributed by atoms with Crippen LogP contribution in [0.3, 0.4) is 0 Å². The number of aromatic nitrogens is 2. The number of rotatable bonds is 5. The van der Waals surface area contributed by atoms with Gasteiger partial charge in [0.15, 0.2) is 0 Å². The van der Waals surface area contributed by atoms with E-state index < -0.39 is 17.2 Å². The van der Waals surface area contributed by atoms with E-state index in [1.807, 2.05) is 6.07 Å². The second kappa shape index (κ2) is 9.29. The molecule has 0 aliphatic carbocycles. The molecule has 0 amide bonds. The van der Waals surface area contributed by atoms with E-state index in [2.05, 4.69) is 0 Å². The molecule has 8 heteroatoms. The van der Waals surface area contributed by atoms with Crippen LogP contribution in [0, 0.1) is 0 Å². The topological polar surface area (TPSA) is 87.4 Å². The summed E-state index contributed by atoms with van der Waals surface area (Å²) in [6, 6.07) is 18.3. The molecule has 1 saturated heterocycles. The molecule has 2 aromatic carbocycles. The number of nitrogens with zero attached hydrogens (tertiary/aromatic N) is 2. The Labute approximate surface area is 184 Å². The number of esters is 1. The summed E-state index contributed by atoms with van der Waals surface area (Å²) in [6.07, 6.45) is 3.00. The van der Waals surface area contributed by atoms with Crippen LogP contribution in [0.5, 0.6) is 0 Å². The summed E-state index contributed by atoms with van der Waals surface area (Å²) in [7, 11) is 0. The fourth-order valence-corrected chi connectivity index (χ4v) is 6.44. The van der Waals surface area contributed by atoms with E-state index in [1.165, 1.54) is 16.8 Å². The summed E-state index contributed by atoms with van der Waals surface area (Å²) in [5, 5.41) is 0. The van der Waals surface area contributed by atoms with E-state index in [1.54, 1.807) is 54.6 Å². The van der Waals surface area contributed by atoms with E-state index in [9.17, 15) is 19.2 Å². The second-order valence-corrected chi connectivity index (χ2v) is 10.2. The Balaban J connectivity index is 1.47. The molecule has 0 N–H and O–H groups in total. The summed E-state index contributed by atoms with van der Waals surface area (Å²) < 4.78 is 7.61. The average Bonchev–Trinajstić information content (AvgIpc) is 3.27. The Hall–Kier alpha value is -3.22. The molecule has 1 fully saturated rings. The zero-order valence-electron chi connectivity index (χ0n) is 16.5. The maximum atomic E-state index is 13.0. The maximum absolute atomic E-state index is 13.0. The van der Waals surface area contributed by atoms with Gasteiger partial charge in [0.25, 0.3) is 0 Å². The number of benzene rings is 2. The van der Waals surface area contributed by atoms with Crippen LogP contribution in [0.15, 0.2) is 82.5 Å². The number of ether oxygens (including phenoxy) is 1. The summed E-state index contributed by atoms with van der Waals surface area (Å²) in [6.45, 7) is 0.293. The van der Waals surface area contributed by atoms with Crippen molar-refractivity contribution in [1.29, 1.82) is 0 Å². The summed E-state index contributed by atoms with van der Waals surface area (Å²) >= 11 is -0.0289. The van der Waals surface area contributed by atoms with Gasteiger partial charge in [0.05, 0.1) is 0 Å². The number of carbonyl (C=O) groups excluding carboxylic acids is 2. The molecule has 2 heterocycles. The van der Waals surface area contributed by atoms with Crippen LogP contribution in [-0.4, -0.2) is 42.6 Å². The van der Waals surface area contributed by atoms with Gasteiger partial charge in [-0.3, -0.25) is 0 Å². The third-order valence-corrected chi connectivity index (χ3v) is 8.26. The first-order valence-electron chi connectivity index (χ1n) is 9.86. The molecule has 1 aliphatic rings. The van der Waals surface area contributed by atoms with Gasteiger partial charge in [-0.15, -0.1) is 0 Å². The molecular weight excluding hydrogens is 463 g/mol. The molecule has 1 aliphatic heterocycles. The van der Waals surface area contributed by atoms with Crippen molar-refractivity contribution in [3.05, 3.63) is 105 Å². The molecule has 2 atom stereocenters. The third kappa shape index (κ3) is 4.60. The van der Waals surface area contributed by atoms with Crippen molar-refractivity contribution < 1.29 is 14.3 Å². The molecule has 31 heavy (non-hydrogen) atoms. The molecule has 158 valence electrons. The van der Waals surface area contributed by atoms with Crippen LogP contribution in [0.2, 0.25) is 4.82 Å². The van der Waals surface area contributed by atoms with Gasteiger partial charge in [-0.25, -0.2) is 0 Å². The molecular formula is C23H20N2O5Se. The van der Waals surface area contributed by atoms with E-state index >= 15 is 0 Å². The van der Waals surface area contributed by atoms with E-state index in [-0.39, 0.29) is 36.2 Å². The van der Waals surface area contributed by atoms with Crippen molar-refractivity contribution in [2.45, 2.75) is 22.6 Å². The molecule has 0 bridgehead atoms. The molecule has 1 aromatic heterocycles. The minimum absolute atomic E-state index is 0.0289. The monoisotopic (exact) mass is 484 g/mol. The van der Waals surface area contributed by atoms with Crippen molar-refractivity contribution in [2.75, 3.05) is 6.61 Å². The Morgan fingerprint density at radius 1 is 0.903 bits per heavy atom. The van der Waals surface area contributed by atoms with Gasteiger partial charge < -0.3 is 0 Å². The van der Waals surface area contributed by atoms with Crippen LogP contribution in [0.4, 0.5) is 0 Å². The van der Waals surface area contributed by atoms with Crippen LogP contribution in [0.25, 0.3) is 0 Å². The van der Waals surface area contributed by atoms with Crippen LogP contribution in [0.1, 0.15) is 38.5 Å². The summed E-state index contributed by atoms with van der Waals surface area (Å²) in [5.74, 6) is -0.997. The van der Waals surface area contributed by atoms with Gasteiger partial charge in [0.1, 0.15) is 0 Å². The molecule has 0 radical (unpaired) electrons. The van der Waals surface area contributed by atoms with Gasteiger partial charge in [0, 0.05) is 0 Å². The fraction of sp³-hybridized carbons (Fsp3) is 0.217. The van der Waals surface area contributed by atoms with Gasteiger partial charge in [-0.2, -0.15) is 0 Å². The SMILES string of the molecule is O=C(OC[C@H]1CC[C@H](n2ccc(=O)n(C(=O)c3ccccc3)c2=O)[Se]1)c1ccccc1. The van der Waals surface area contributed by atoms with E-state index in [4.69, 9.17) is 4.74 Å². The molecule has 4 rings (SSSR count).